The van der Waals surface area contributed by atoms with Crippen molar-refractivity contribution in [2.75, 3.05) is 20.3 Å². The Morgan fingerprint density at radius 1 is 0.708 bits per heavy atom. The van der Waals surface area contributed by atoms with E-state index in [2.05, 4.69) is 0 Å². The second-order valence-corrected chi connectivity index (χ2v) is 5.74. The molecule has 11 heteroatoms. The quantitative estimate of drug-likeness (QED) is 0.251. The molecule has 10 atom stereocenters. The normalized spacial score (nSPS) is 50.0. The third-order valence-corrected chi connectivity index (χ3v) is 4.19. The van der Waals surface area contributed by atoms with Crippen LogP contribution in [0.4, 0.5) is 0 Å². The van der Waals surface area contributed by atoms with Crippen LogP contribution >= 0.6 is 0 Å². The van der Waals surface area contributed by atoms with E-state index in [1.807, 2.05) is 0 Å². The number of rotatable bonds is 5. The first kappa shape index (κ1) is 19.9. The van der Waals surface area contributed by atoms with Crippen molar-refractivity contribution in [1.82, 2.24) is 0 Å². The standard InChI is InChI=1S/C13H24O11/c1-21-12-10(20)8(18)11(5(3-15)23-12)24-13-9(19)7(17)6(16)4(2-14)22-13/h4-20H,2-3H2,1H3/t4-,5-,6-,7+,8-,9-,10-,11+,12-,13-/m1/s1. The summed E-state index contributed by atoms with van der Waals surface area (Å²) < 4.78 is 20.6. The molecule has 2 saturated heterocycles. The zero-order valence-electron chi connectivity index (χ0n) is 13.0. The molecule has 2 rings (SSSR count). The van der Waals surface area contributed by atoms with Gasteiger partial charge in [0, 0.05) is 7.11 Å². The SMILES string of the molecule is CO[C@@H]1O[C@H](CO)[C@H](O[C@H]2O[C@H](CO)[C@@H](O)[C@H](O)[C@H]2O)[C@H](O)[C@H]1O. The molecular weight excluding hydrogens is 332 g/mol. The third kappa shape index (κ3) is 3.71. The van der Waals surface area contributed by atoms with Crippen LogP contribution in [0.5, 0.6) is 0 Å². The lowest BCUT2D eigenvalue weighted by Crippen LogP contribution is -2.64. The second kappa shape index (κ2) is 8.29. The molecule has 0 aliphatic carbocycles. The molecule has 0 saturated carbocycles. The summed E-state index contributed by atoms with van der Waals surface area (Å²) in [6.07, 6.45) is -14.3. The smallest absolute Gasteiger partial charge is 0.187 e. The summed E-state index contributed by atoms with van der Waals surface area (Å²) in [5.74, 6) is 0. The Balaban J connectivity index is 2.12. The van der Waals surface area contributed by atoms with Crippen molar-refractivity contribution in [1.29, 1.82) is 0 Å². The molecular formula is C13H24O11. The van der Waals surface area contributed by atoms with E-state index in [1.54, 1.807) is 0 Å². The Hall–Kier alpha value is -0.440. The largest absolute Gasteiger partial charge is 0.394 e. The lowest BCUT2D eigenvalue weighted by molar-refractivity contribution is -0.357. The first-order valence-electron chi connectivity index (χ1n) is 7.46. The molecule has 0 radical (unpaired) electrons. The number of ether oxygens (including phenoxy) is 4. The van der Waals surface area contributed by atoms with Crippen molar-refractivity contribution in [3.63, 3.8) is 0 Å². The van der Waals surface area contributed by atoms with Crippen LogP contribution in [0.15, 0.2) is 0 Å². The number of methoxy groups -OCH3 is 1. The van der Waals surface area contributed by atoms with E-state index in [4.69, 9.17) is 24.1 Å². The van der Waals surface area contributed by atoms with Gasteiger partial charge in [0.15, 0.2) is 12.6 Å². The maximum Gasteiger partial charge on any atom is 0.187 e. The van der Waals surface area contributed by atoms with Gasteiger partial charge in [-0.2, -0.15) is 0 Å². The molecule has 24 heavy (non-hydrogen) atoms. The minimum absolute atomic E-state index is 0.592. The van der Waals surface area contributed by atoms with Crippen molar-refractivity contribution in [2.45, 2.75) is 61.4 Å². The molecule has 7 N–H and O–H groups in total. The van der Waals surface area contributed by atoms with Gasteiger partial charge in [-0.3, -0.25) is 0 Å². The molecule has 11 nitrogen and oxygen atoms in total. The van der Waals surface area contributed by atoms with Crippen molar-refractivity contribution in [3.05, 3.63) is 0 Å². The van der Waals surface area contributed by atoms with Crippen molar-refractivity contribution in [3.8, 4) is 0 Å². The lowest BCUT2D eigenvalue weighted by Gasteiger charge is -2.45. The average Bonchev–Trinajstić information content (AvgIpc) is 2.59. The third-order valence-electron chi connectivity index (χ3n) is 4.19. The first-order valence-corrected chi connectivity index (χ1v) is 7.46. The van der Waals surface area contributed by atoms with E-state index in [-0.39, 0.29) is 0 Å². The van der Waals surface area contributed by atoms with Crippen molar-refractivity contribution >= 4 is 0 Å². The number of aliphatic hydroxyl groups is 7. The number of aliphatic hydroxyl groups excluding tert-OH is 7. The molecule has 2 aliphatic rings. The molecule has 2 fully saturated rings. The summed E-state index contributed by atoms with van der Waals surface area (Å²) >= 11 is 0. The molecule has 0 unspecified atom stereocenters. The van der Waals surface area contributed by atoms with Crippen LogP contribution in [0.2, 0.25) is 0 Å². The Morgan fingerprint density at radius 2 is 1.25 bits per heavy atom. The van der Waals surface area contributed by atoms with Crippen molar-refractivity contribution in [2.24, 2.45) is 0 Å². The van der Waals surface area contributed by atoms with E-state index in [9.17, 15) is 30.6 Å². The molecule has 2 aliphatic heterocycles. The van der Waals surface area contributed by atoms with Crippen LogP contribution in [0.25, 0.3) is 0 Å². The molecule has 0 aromatic heterocycles. The van der Waals surface area contributed by atoms with E-state index >= 15 is 0 Å². The van der Waals surface area contributed by atoms with E-state index in [1.165, 1.54) is 7.11 Å². The van der Waals surface area contributed by atoms with E-state index in [0.717, 1.165) is 0 Å². The van der Waals surface area contributed by atoms with Gasteiger partial charge >= 0.3 is 0 Å². The van der Waals surface area contributed by atoms with Crippen LogP contribution in [-0.4, -0.2) is 117 Å². The van der Waals surface area contributed by atoms with Gasteiger partial charge in [-0.25, -0.2) is 0 Å². The molecule has 2 heterocycles. The summed E-state index contributed by atoms with van der Waals surface area (Å²) in [4.78, 5) is 0. The van der Waals surface area contributed by atoms with Gasteiger partial charge in [-0.05, 0) is 0 Å². The molecule has 0 amide bonds. The summed E-state index contributed by atoms with van der Waals surface area (Å²) in [5.41, 5.74) is 0. The highest BCUT2D eigenvalue weighted by Crippen LogP contribution is 2.29. The maximum absolute atomic E-state index is 10.2. The molecule has 0 bridgehead atoms. The Kier molecular flexibility index (Phi) is 6.87. The van der Waals surface area contributed by atoms with Gasteiger partial charge in [0.25, 0.3) is 0 Å². The fraction of sp³-hybridized carbons (Fsp3) is 1.00. The zero-order valence-corrected chi connectivity index (χ0v) is 13.0. The van der Waals surface area contributed by atoms with Crippen LogP contribution in [0.1, 0.15) is 0 Å². The van der Waals surface area contributed by atoms with E-state index < -0.39 is 74.6 Å². The summed E-state index contributed by atoms with van der Waals surface area (Å²) in [5, 5.41) is 68.0. The van der Waals surface area contributed by atoms with Crippen LogP contribution in [0, 0.1) is 0 Å². The van der Waals surface area contributed by atoms with Crippen LogP contribution < -0.4 is 0 Å². The second-order valence-electron chi connectivity index (χ2n) is 5.74. The summed E-state index contributed by atoms with van der Waals surface area (Å²) in [7, 11) is 1.24. The first-order chi connectivity index (χ1) is 11.3. The molecule has 0 spiro atoms. The number of hydrogen-bond acceptors (Lipinski definition) is 11. The average molecular weight is 356 g/mol. The monoisotopic (exact) mass is 356 g/mol. The van der Waals surface area contributed by atoms with Gasteiger partial charge in [-0.15, -0.1) is 0 Å². The molecule has 0 aromatic rings. The Labute approximate surface area is 137 Å². The highest BCUT2D eigenvalue weighted by molar-refractivity contribution is 4.93. The van der Waals surface area contributed by atoms with Crippen molar-refractivity contribution < 1.29 is 54.7 Å². The predicted molar refractivity (Wildman–Crippen MR) is 73.4 cm³/mol. The van der Waals surface area contributed by atoms with Gasteiger partial charge in [0.2, 0.25) is 0 Å². The van der Waals surface area contributed by atoms with Gasteiger partial charge in [0.05, 0.1) is 13.2 Å². The van der Waals surface area contributed by atoms with E-state index in [0.29, 0.717) is 0 Å². The maximum atomic E-state index is 10.2. The Morgan fingerprint density at radius 3 is 1.79 bits per heavy atom. The van der Waals surface area contributed by atoms with Crippen LogP contribution in [0.3, 0.4) is 0 Å². The number of hydrogen-bond donors (Lipinski definition) is 7. The van der Waals surface area contributed by atoms with Crippen LogP contribution in [-0.2, 0) is 18.9 Å². The Bertz CT molecular complexity index is 392. The lowest BCUT2D eigenvalue weighted by atomic mass is 9.97. The fourth-order valence-corrected chi connectivity index (χ4v) is 2.75. The highest BCUT2D eigenvalue weighted by Gasteiger charge is 2.50. The summed E-state index contributed by atoms with van der Waals surface area (Å²) in [6.45, 7) is -1.24. The van der Waals surface area contributed by atoms with Gasteiger partial charge in [0.1, 0.15) is 48.8 Å². The molecule has 0 aromatic carbocycles. The van der Waals surface area contributed by atoms with Gasteiger partial charge in [-0.1, -0.05) is 0 Å². The highest BCUT2D eigenvalue weighted by atomic mass is 16.7. The predicted octanol–water partition coefficient (Wildman–Crippen LogP) is -4.74. The zero-order chi connectivity index (χ0) is 18.0. The summed E-state index contributed by atoms with van der Waals surface area (Å²) in [6, 6.07) is 0. The fourth-order valence-electron chi connectivity index (χ4n) is 2.75. The minimum Gasteiger partial charge on any atom is -0.394 e. The van der Waals surface area contributed by atoms with Gasteiger partial charge < -0.3 is 54.7 Å². The molecule has 142 valence electrons. The topological polar surface area (TPSA) is 179 Å². The minimum atomic E-state index is -1.69.